The van der Waals surface area contributed by atoms with Crippen LogP contribution in [0.4, 0.5) is 4.39 Å². The fourth-order valence-corrected chi connectivity index (χ4v) is 2.25. The number of aliphatic hydroxyl groups is 1. The zero-order chi connectivity index (χ0) is 12.3. The molecule has 0 saturated carbocycles. The van der Waals surface area contributed by atoms with Crippen molar-refractivity contribution < 1.29 is 19.0 Å². The Bertz CT molecular complexity index is 382. The highest BCUT2D eigenvalue weighted by atomic mass is 79.9. The Morgan fingerprint density at radius 3 is 2.50 bits per heavy atom. The predicted octanol–water partition coefficient (Wildman–Crippen LogP) is 2.70. The standard InChI is InChI=1S/C11H14BrFO3/c1-6(5-14)9-7(12)4-8(15-2)11(16-3)10(9)13/h4,6,14H,5H2,1-3H3. The summed E-state index contributed by atoms with van der Waals surface area (Å²) in [5.74, 6) is -0.439. The first-order chi connectivity index (χ1) is 7.56. The van der Waals surface area contributed by atoms with Crippen LogP contribution >= 0.6 is 15.9 Å². The monoisotopic (exact) mass is 292 g/mol. The Hall–Kier alpha value is -0.810. The lowest BCUT2D eigenvalue weighted by Crippen LogP contribution is -2.06. The molecule has 3 nitrogen and oxygen atoms in total. The Kier molecular flexibility index (Phi) is 4.56. The quantitative estimate of drug-likeness (QED) is 0.927. The van der Waals surface area contributed by atoms with Crippen molar-refractivity contribution in [1.82, 2.24) is 0 Å². The molecule has 1 aromatic carbocycles. The maximum atomic E-state index is 14.1. The number of ether oxygens (including phenoxy) is 2. The zero-order valence-corrected chi connectivity index (χ0v) is 11.0. The largest absolute Gasteiger partial charge is 0.493 e. The Morgan fingerprint density at radius 1 is 1.44 bits per heavy atom. The van der Waals surface area contributed by atoms with Gasteiger partial charge in [-0.2, -0.15) is 0 Å². The summed E-state index contributed by atoms with van der Waals surface area (Å²) in [6.45, 7) is 1.60. The molecule has 0 bridgehead atoms. The van der Waals surface area contributed by atoms with Crippen LogP contribution in [0.25, 0.3) is 0 Å². The van der Waals surface area contributed by atoms with E-state index in [1.165, 1.54) is 14.2 Å². The first kappa shape index (κ1) is 13.3. The molecule has 0 aromatic heterocycles. The molecule has 0 amide bonds. The minimum absolute atomic E-state index is 0.0565. The third-order valence-electron chi connectivity index (χ3n) is 2.37. The SMILES string of the molecule is COc1cc(Br)c(C(C)CO)c(F)c1OC. The van der Waals surface area contributed by atoms with E-state index in [1.807, 2.05) is 0 Å². The molecule has 0 heterocycles. The van der Waals surface area contributed by atoms with Crippen LogP contribution in [0, 0.1) is 5.82 Å². The smallest absolute Gasteiger partial charge is 0.197 e. The van der Waals surface area contributed by atoms with Crippen molar-refractivity contribution in [3.05, 3.63) is 21.9 Å². The van der Waals surface area contributed by atoms with Crippen LogP contribution in [0.1, 0.15) is 18.4 Å². The second kappa shape index (κ2) is 5.50. The van der Waals surface area contributed by atoms with Gasteiger partial charge in [0.1, 0.15) is 0 Å². The Balaban J connectivity index is 3.40. The van der Waals surface area contributed by atoms with E-state index in [0.29, 0.717) is 15.8 Å². The third-order valence-corrected chi connectivity index (χ3v) is 3.02. The van der Waals surface area contributed by atoms with Crippen molar-refractivity contribution in [3.63, 3.8) is 0 Å². The molecule has 90 valence electrons. The van der Waals surface area contributed by atoms with Crippen molar-refractivity contribution >= 4 is 15.9 Å². The van der Waals surface area contributed by atoms with Gasteiger partial charge in [-0.1, -0.05) is 22.9 Å². The van der Waals surface area contributed by atoms with Crippen LogP contribution in [0.3, 0.4) is 0 Å². The number of benzene rings is 1. The van der Waals surface area contributed by atoms with E-state index in [9.17, 15) is 4.39 Å². The van der Waals surface area contributed by atoms with Gasteiger partial charge in [-0.3, -0.25) is 0 Å². The normalized spacial score (nSPS) is 12.4. The summed E-state index contributed by atoms with van der Waals surface area (Å²) < 4.78 is 24.6. The average Bonchev–Trinajstić information content (AvgIpc) is 2.27. The van der Waals surface area contributed by atoms with E-state index < -0.39 is 5.82 Å². The highest BCUT2D eigenvalue weighted by molar-refractivity contribution is 9.10. The lowest BCUT2D eigenvalue weighted by atomic mass is 10.0. The number of aliphatic hydroxyl groups excluding tert-OH is 1. The van der Waals surface area contributed by atoms with E-state index in [-0.39, 0.29) is 18.3 Å². The molecule has 0 radical (unpaired) electrons. The van der Waals surface area contributed by atoms with Gasteiger partial charge in [0.2, 0.25) is 0 Å². The van der Waals surface area contributed by atoms with Crippen LogP contribution in [-0.2, 0) is 0 Å². The lowest BCUT2D eigenvalue weighted by molar-refractivity contribution is 0.268. The molecular formula is C11H14BrFO3. The van der Waals surface area contributed by atoms with Gasteiger partial charge in [-0.05, 0) is 6.07 Å². The fourth-order valence-electron chi connectivity index (χ4n) is 1.48. The average molecular weight is 293 g/mol. The van der Waals surface area contributed by atoms with Crippen LogP contribution in [0.5, 0.6) is 11.5 Å². The van der Waals surface area contributed by atoms with Gasteiger partial charge in [-0.25, -0.2) is 4.39 Å². The molecule has 1 rings (SSSR count). The lowest BCUT2D eigenvalue weighted by Gasteiger charge is -2.16. The van der Waals surface area contributed by atoms with Gasteiger partial charge in [0.05, 0.1) is 14.2 Å². The van der Waals surface area contributed by atoms with Crippen molar-refractivity contribution in [2.45, 2.75) is 12.8 Å². The van der Waals surface area contributed by atoms with E-state index in [0.717, 1.165) is 0 Å². The van der Waals surface area contributed by atoms with Crippen LogP contribution < -0.4 is 9.47 Å². The molecule has 1 atom stereocenters. The Labute approximate surface area is 102 Å². The highest BCUT2D eigenvalue weighted by Crippen LogP contribution is 2.39. The summed E-state index contributed by atoms with van der Waals surface area (Å²) in [6, 6.07) is 1.63. The first-order valence-electron chi connectivity index (χ1n) is 4.77. The summed E-state index contributed by atoms with van der Waals surface area (Å²) in [6.07, 6.45) is 0. The number of rotatable bonds is 4. The van der Waals surface area contributed by atoms with E-state index >= 15 is 0 Å². The third kappa shape index (κ3) is 2.30. The molecular weight excluding hydrogens is 279 g/mol. The molecule has 0 fully saturated rings. The van der Waals surface area contributed by atoms with Crippen molar-refractivity contribution in [2.24, 2.45) is 0 Å². The topological polar surface area (TPSA) is 38.7 Å². The van der Waals surface area contributed by atoms with Gasteiger partial charge < -0.3 is 14.6 Å². The number of hydrogen-bond acceptors (Lipinski definition) is 3. The maximum Gasteiger partial charge on any atom is 0.197 e. The molecule has 1 N–H and O–H groups in total. The molecule has 0 aliphatic heterocycles. The van der Waals surface area contributed by atoms with Crippen LogP contribution in [-0.4, -0.2) is 25.9 Å². The Morgan fingerprint density at radius 2 is 2.06 bits per heavy atom. The van der Waals surface area contributed by atoms with E-state index in [2.05, 4.69) is 15.9 Å². The molecule has 0 spiro atoms. The molecule has 5 heteroatoms. The van der Waals surface area contributed by atoms with Crippen molar-refractivity contribution in [1.29, 1.82) is 0 Å². The molecule has 1 aromatic rings. The zero-order valence-electron chi connectivity index (χ0n) is 9.38. The highest BCUT2D eigenvalue weighted by Gasteiger charge is 2.22. The van der Waals surface area contributed by atoms with Crippen molar-refractivity contribution in [3.8, 4) is 11.5 Å². The van der Waals surface area contributed by atoms with Gasteiger partial charge >= 0.3 is 0 Å². The maximum absolute atomic E-state index is 14.1. The second-order valence-electron chi connectivity index (χ2n) is 3.41. The molecule has 0 saturated heterocycles. The molecule has 0 aliphatic rings. The number of methoxy groups -OCH3 is 2. The van der Waals surface area contributed by atoms with Gasteiger partial charge in [0, 0.05) is 22.6 Å². The molecule has 16 heavy (non-hydrogen) atoms. The predicted molar refractivity (Wildman–Crippen MR) is 62.7 cm³/mol. The number of halogens is 2. The summed E-state index contributed by atoms with van der Waals surface area (Å²) >= 11 is 3.26. The minimum Gasteiger partial charge on any atom is -0.493 e. The summed E-state index contributed by atoms with van der Waals surface area (Å²) in [4.78, 5) is 0. The van der Waals surface area contributed by atoms with Gasteiger partial charge in [0.25, 0.3) is 0 Å². The van der Waals surface area contributed by atoms with E-state index in [4.69, 9.17) is 14.6 Å². The van der Waals surface area contributed by atoms with Crippen molar-refractivity contribution in [2.75, 3.05) is 20.8 Å². The van der Waals surface area contributed by atoms with Crippen LogP contribution in [0.2, 0.25) is 0 Å². The summed E-state index contributed by atoms with van der Waals surface area (Å²) in [5, 5.41) is 9.07. The van der Waals surface area contributed by atoms with Gasteiger partial charge in [0.15, 0.2) is 17.3 Å². The first-order valence-corrected chi connectivity index (χ1v) is 5.56. The second-order valence-corrected chi connectivity index (χ2v) is 4.26. The molecule has 1 unspecified atom stereocenters. The van der Waals surface area contributed by atoms with Gasteiger partial charge in [-0.15, -0.1) is 0 Å². The summed E-state index contributed by atoms with van der Waals surface area (Å²) in [5.41, 5.74) is 0.389. The van der Waals surface area contributed by atoms with E-state index in [1.54, 1.807) is 13.0 Å². The number of hydrogen-bond donors (Lipinski definition) is 1. The van der Waals surface area contributed by atoms with Crippen LogP contribution in [0.15, 0.2) is 10.5 Å². The summed E-state index contributed by atoms with van der Waals surface area (Å²) in [7, 11) is 2.82. The fraction of sp³-hybridized carbons (Fsp3) is 0.455. The minimum atomic E-state index is -0.504. The molecule has 0 aliphatic carbocycles.